The summed E-state index contributed by atoms with van der Waals surface area (Å²) in [7, 11) is 0. The number of rotatable bonds is 3. The van der Waals surface area contributed by atoms with E-state index in [-0.39, 0.29) is 11.7 Å². The van der Waals surface area contributed by atoms with Crippen LogP contribution in [0.25, 0.3) is 33.5 Å². The van der Waals surface area contributed by atoms with Gasteiger partial charge in [-0.25, -0.2) is 14.8 Å². The zero-order valence-corrected chi connectivity index (χ0v) is 15.2. The van der Waals surface area contributed by atoms with Gasteiger partial charge in [0.1, 0.15) is 0 Å². The van der Waals surface area contributed by atoms with E-state index in [1.165, 1.54) is 0 Å². The first kappa shape index (κ1) is 16.4. The average molecular weight is 367 g/mol. The van der Waals surface area contributed by atoms with E-state index in [2.05, 4.69) is 15.0 Å². The van der Waals surface area contributed by atoms with Crippen molar-refractivity contribution in [1.29, 1.82) is 0 Å². The SMILES string of the molecule is C[C@@H](c1ccccc1)n1c(=O)[nH]c2ncc(-c3cccc4ncccc34)nc21. The van der Waals surface area contributed by atoms with Crippen LogP contribution in [0.5, 0.6) is 0 Å². The monoisotopic (exact) mass is 367 g/mol. The maximum atomic E-state index is 12.6. The van der Waals surface area contributed by atoms with Crippen molar-refractivity contribution in [3.8, 4) is 11.3 Å². The fourth-order valence-corrected chi connectivity index (χ4v) is 3.59. The number of hydrogen-bond acceptors (Lipinski definition) is 4. The van der Waals surface area contributed by atoms with Crippen LogP contribution in [0.15, 0.2) is 77.9 Å². The molecule has 0 aliphatic rings. The zero-order chi connectivity index (χ0) is 19.1. The summed E-state index contributed by atoms with van der Waals surface area (Å²) in [6, 6.07) is 19.6. The molecule has 0 saturated carbocycles. The van der Waals surface area contributed by atoms with Crippen LogP contribution in [0.3, 0.4) is 0 Å². The van der Waals surface area contributed by atoms with Crippen molar-refractivity contribution in [2.45, 2.75) is 13.0 Å². The lowest BCUT2D eigenvalue weighted by Crippen LogP contribution is -2.21. The third-order valence-electron chi connectivity index (χ3n) is 5.02. The molecule has 0 saturated heterocycles. The van der Waals surface area contributed by atoms with E-state index < -0.39 is 0 Å². The van der Waals surface area contributed by atoms with E-state index in [4.69, 9.17) is 4.98 Å². The Morgan fingerprint density at radius 2 is 1.82 bits per heavy atom. The van der Waals surface area contributed by atoms with Crippen LogP contribution in [-0.2, 0) is 0 Å². The summed E-state index contributed by atoms with van der Waals surface area (Å²) in [6.45, 7) is 1.99. The molecule has 5 rings (SSSR count). The molecule has 3 aromatic heterocycles. The Bertz CT molecular complexity index is 1350. The first-order chi connectivity index (χ1) is 13.7. The maximum Gasteiger partial charge on any atom is 0.329 e. The molecule has 0 aliphatic heterocycles. The third-order valence-corrected chi connectivity index (χ3v) is 5.02. The molecule has 0 amide bonds. The number of hydrogen-bond donors (Lipinski definition) is 1. The minimum atomic E-state index is -0.219. The summed E-state index contributed by atoms with van der Waals surface area (Å²) < 4.78 is 1.66. The molecule has 0 aliphatic carbocycles. The van der Waals surface area contributed by atoms with Gasteiger partial charge in [-0.15, -0.1) is 0 Å². The van der Waals surface area contributed by atoms with E-state index in [1.807, 2.05) is 67.6 Å². The van der Waals surface area contributed by atoms with Crippen LogP contribution in [-0.4, -0.2) is 24.5 Å². The van der Waals surface area contributed by atoms with Gasteiger partial charge in [0.15, 0.2) is 11.3 Å². The van der Waals surface area contributed by atoms with Crippen molar-refractivity contribution in [1.82, 2.24) is 24.5 Å². The number of nitrogens with one attached hydrogen (secondary N) is 1. The molecule has 136 valence electrons. The lowest BCUT2D eigenvalue weighted by molar-refractivity contribution is 0.631. The van der Waals surface area contributed by atoms with Gasteiger partial charge in [-0.3, -0.25) is 14.5 Å². The molecular formula is C22H17N5O. The van der Waals surface area contributed by atoms with Gasteiger partial charge in [0.25, 0.3) is 0 Å². The van der Waals surface area contributed by atoms with Gasteiger partial charge >= 0.3 is 5.69 Å². The number of pyridine rings is 1. The molecule has 3 heterocycles. The molecule has 2 aromatic carbocycles. The van der Waals surface area contributed by atoms with Crippen molar-refractivity contribution in [2.75, 3.05) is 0 Å². The number of aromatic nitrogens is 5. The highest BCUT2D eigenvalue weighted by Gasteiger charge is 2.18. The fraction of sp³-hybridized carbons (Fsp3) is 0.0909. The molecule has 5 aromatic rings. The highest BCUT2D eigenvalue weighted by Crippen LogP contribution is 2.27. The van der Waals surface area contributed by atoms with Crippen LogP contribution in [0, 0.1) is 0 Å². The quantitative estimate of drug-likeness (QED) is 0.524. The van der Waals surface area contributed by atoms with Gasteiger partial charge in [-0.2, -0.15) is 0 Å². The molecular weight excluding hydrogens is 350 g/mol. The third kappa shape index (κ3) is 2.58. The van der Waals surface area contributed by atoms with Gasteiger partial charge in [0.2, 0.25) is 0 Å². The standard InChI is InChI=1S/C22H17N5O/c1-14(15-7-3-2-4-8-15)27-21-20(26-22(27)28)24-13-19(25-21)17-9-5-11-18-16(17)10-6-12-23-18/h2-14H,1H3,(H,24,26,28)/t14-/m0/s1. The number of fused-ring (bicyclic) bond motifs is 2. The second-order valence-electron chi connectivity index (χ2n) is 6.69. The Balaban J connectivity index is 1.72. The lowest BCUT2D eigenvalue weighted by Gasteiger charge is -2.13. The van der Waals surface area contributed by atoms with Gasteiger partial charge in [0, 0.05) is 17.1 Å². The Labute approximate surface area is 160 Å². The molecule has 0 unspecified atom stereocenters. The van der Waals surface area contributed by atoms with Crippen LogP contribution in [0.2, 0.25) is 0 Å². The summed E-state index contributed by atoms with van der Waals surface area (Å²) in [5.41, 5.74) is 4.38. The van der Waals surface area contributed by atoms with Crippen LogP contribution in [0.1, 0.15) is 18.5 Å². The van der Waals surface area contributed by atoms with Crippen LogP contribution in [0.4, 0.5) is 0 Å². The van der Waals surface area contributed by atoms with Crippen molar-refractivity contribution < 1.29 is 0 Å². The predicted octanol–water partition coefficient (Wildman–Crippen LogP) is 3.94. The number of benzene rings is 2. The molecule has 1 N–H and O–H groups in total. The van der Waals surface area contributed by atoms with Crippen molar-refractivity contribution in [2.24, 2.45) is 0 Å². The van der Waals surface area contributed by atoms with Crippen molar-refractivity contribution >= 4 is 22.2 Å². The van der Waals surface area contributed by atoms with Crippen LogP contribution >= 0.6 is 0 Å². The molecule has 6 nitrogen and oxygen atoms in total. The van der Waals surface area contributed by atoms with Crippen LogP contribution < -0.4 is 5.69 Å². The number of imidazole rings is 1. The van der Waals surface area contributed by atoms with Gasteiger partial charge in [0.05, 0.1) is 23.4 Å². The van der Waals surface area contributed by atoms with Gasteiger partial charge < -0.3 is 0 Å². The Hall–Kier alpha value is -3.80. The van der Waals surface area contributed by atoms with Crippen molar-refractivity contribution in [3.63, 3.8) is 0 Å². The lowest BCUT2D eigenvalue weighted by atomic mass is 10.1. The summed E-state index contributed by atoms with van der Waals surface area (Å²) in [4.78, 5) is 29.1. The molecule has 0 spiro atoms. The molecule has 0 fully saturated rings. The first-order valence-electron chi connectivity index (χ1n) is 9.09. The largest absolute Gasteiger partial charge is 0.329 e. The van der Waals surface area contributed by atoms with Gasteiger partial charge in [-0.05, 0) is 24.6 Å². The smallest absolute Gasteiger partial charge is 0.289 e. The Kier molecular flexibility index (Phi) is 3.76. The number of aromatic amines is 1. The molecule has 1 atom stereocenters. The fourth-order valence-electron chi connectivity index (χ4n) is 3.59. The minimum Gasteiger partial charge on any atom is -0.289 e. The Morgan fingerprint density at radius 3 is 2.68 bits per heavy atom. The minimum absolute atomic E-state index is 0.166. The molecule has 6 heteroatoms. The summed E-state index contributed by atoms with van der Waals surface area (Å²) in [5.74, 6) is 0. The van der Waals surface area contributed by atoms with Crippen molar-refractivity contribution in [3.05, 3.63) is 89.1 Å². The normalized spacial score (nSPS) is 12.5. The van der Waals surface area contributed by atoms with E-state index in [9.17, 15) is 4.79 Å². The predicted molar refractivity (Wildman–Crippen MR) is 109 cm³/mol. The average Bonchev–Trinajstić information content (AvgIpc) is 3.08. The second-order valence-corrected chi connectivity index (χ2v) is 6.69. The Morgan fingerprint density at radius 1 is 0.964 bits per heavy atom. The summed E-state index contributed by atoms with van der Waals surface area (Å²) >= 11 is 0. The molecule has 0 radical (unpaired) electrons. The van der Waals surface area contributed by atoms with Gasteiger partial charge in [-0.1, -0.05) is 48.5 Å². The zero-order valence-electron chi connectivity index (χ0n) is 15.2. The van der Waals surface area contributed by atoms with E-state index in [0.29, 0.717) is 17.0 Å². The number of nitrogens with zero attached hydrogens (tertiary/aromatic N) is 4. The maximum absolute atomic E-state index is 12.6. The van der Waals surface area contributed by atoms with E-state index in [1.54, 1.807) is 17.0 Å². The topological polar surface area (TPSA) is 76.5 Å². The van der Waals surface area contributed by atoms with E-state index >= 15 is 0 Å². The first-order valence-corrected chi connectivity index (χ1v) is 9.09. The molecule has 28 heavy (non-hydrogen) atoms. The number of H-pyrrole nitrogens is 1. The highest BCUT2D eigenvalue weighted by atomic mass is 16.1. The highest BCUT2D eigenvalue weighted by molar-refractivity contribution is 5.93. The van der Waals surface area contributed by atoms with E-state index in [0.717, 1.165) is 22.0 Å². The summed E-state index contributed by atoms with van der Waals surface area (Å²) in [5, 5.41) is 0.999. The molecule has 0 bridgehead atoms. The second kappa shape index (κ2) is 6.42. The summed E-state index contributed by atoms with van der Waals surface area (Å²) in [6.07, 6.45) is 3.46.